The Kier molecular flexibility index (Phi) is 8.31. The van der Waals surface area contributed by atoms with E-state index in [9.17, 15) is 14.4 Å². The topological polar surface area (TPSA) is 84.9 Å². The van der Waals surface area contributed by atoms with Gasteiger partial charge in [-0.1, -0.05) is 75.6 Å². The lowest BCUT2D eigenvalue weighted by Gasteiger charge is -2.26. The number of ether oxygens (including phenoxy) is 2. The van der Waals surface area contributed by atoms with E-state index < -0.39 is 17.8 Å². The molecule has 1 saturated heterocycles. The van der Waals surface area contributed by atoms with Crippen LogP contribution in [0.15, 0.2) is 101 Å². The summed E-state index contributed by atoms with van der Waals surface area (Å²) in [7, 11) is 0. The maximum atomic E-state index is 13.5. The van der Waals surface area contributed by atoms with E-state index in [1.807, 2.05) is 68.4 Å². The zero-order chi connectivity index (χ0) is 28.9. The number of rotatable bonds is 8. The largest absolute Gasteiger partial charge is 0.489 e. The summed E-state index contributed by atoms with van der Waals surface area (Å²) in [6.45, 7) is 4.72. The van der Waals surface area contributed by atoms with Gasteiger partial charge in [-0.15, -0.1) is 0 Å². The Labute approximate surface area is 246 Å². The summed E-state index contributed by atoms with van der Waals surface area (Å²) in [6.07, 6.45) is 1.44. The van der Waals surface area contributed by atoms with E-state index in [0.29, 0.717) is 36.0 Å². The van der Waals surface area contributed by atoms with Crippen LogP contribution in [0.3, 0.4) is 0 Å². The number of nitrogens with one attached hydrogen (secondary N) is 1. The molecule has 4 aromatic rings. The van der Waals surface area contributed by atoms with Crippen LogP contribution in [0.5, 0.6) is 11.5 Å². The average Bonchev–Trinajstić information content (AvgIpc) is 2.96. The molecule has 0 radical (unpaired) electrons. The van der Waals surface area contributed by atoms with E-state index in [-0.39, 0.29) is 5.57 Å². The molecule has 5 rings (SSSR count). The fraction of sp³-hybridized carbons (Fsp3) is 0.121. The van der Waals surface area contributed by atoms with Crippen molar-refractivity contribution in [1.82, 2.24) is 5.32 Å². The maximum absolute atomic E-state index is 13.5. The van der Waals surface area contributed by atoms with Gasteiger partial charge in [-0.2, -0.15) is 0 Å². The summed E-state index contributed by atoms with van der Waals surface area (Å²) in [5.74, 6) is -0.453. The van der Waals surface area contributed by atoms with Crippen molar-refractivity contribution in [2.75, 3.05) is 4.90 Å². The van der Waals surface area contributed by atoms with E-state index in [1.54, 1.807) is 36.4 Å². The number of aryl methyl sites for hydroxylation is 2. The maximum Gasteiger partial charge on any atom is 0.335 e. The van der Waals surface area contributed by atoms with Crippen molar-refractivity contribution in [3.63, 3.8) is 0 Å². The average molecular weight is 611 g/mol. The van der Waals surface area contributed by atoms with Crippen LogP contribution < -0.4 is 19.7 Å². The van der Waals surface area contributed by atoms with Gasteiger partial charge in [0.1, 0.15) is 30.3 Å². The molecule has 0 aliphatic carbocycles. The SMILES string of the molecule is Cc1ccc(COc2ccc(N3C(=O)NC(=O)/C(=C\c4cc(Br)ccc4OCc4ccc(C)cc4)C3=O)cc2)cc1. The van der Waals surface area contributed by atoms with Crippen molar-refractivity contribution in [2.24, 2.45) is 0 Å². The molecule has 206 valence electrons. The molecule has 1 aliphatic heterocycles. The van der Waals surface area contributed by atoms with Gasteiger partial charge >= 0.3 is 6.03 Å². The molecule has 0 unspecified atom stereocenters. The predicted octanol–water partition coefficient (Wildman–Crippen LogP) is 6.89. The van der Waals surface area contributed by atoms with Crippen molar-refractivity contribution in [2.45, 2.75) is 27.1 Å². The fourth-order valence-corrected chi connectivity index (χ4v) is 4.58. The molecule has 1 aliphatic rings. The number of urea groups is 1. The van der Waals surface area contributed by atoms with Gasteiger partial charge < -0.3 is 9.47 Å². The van der Waals surface area contributed by atoms with E-state index in [1.165, 1.54) is 11.6 Å². The molecular formula is C33H27BrN2O5. The Hall–Kier alpha value is -4.69. The zero-order valence-electron chi connectivity index (χ0n) is 22.5. The molecule has 0 bridgehead atoms. The molecule has 1 fully saturated rings. The first kappa shape index (κ1) is 27.9. The molecule has 0 saturated carbocycles. The van der Waals surface area contributed by atoms with Crippen LogP contribution >= 0.6 is 15.9 Å². The fourth-order valence-electron chi connectivity index (χ4n) is 4.20. The highest BCUT2D eigenvalue weighted by molar-refractivity contribution is 9.10. The first-order valence-corrected chi connectivity index (χ1v) is 13.7. The van der Waals surface area contributed by atoms with E-state index in [0.717, 1.165) is 26.1 Å². The highest BCUT2D eigenvalue weighted by Crippen LogP contribution is 2.29. The molecule has 7 nitrogen and oxygen atoms in total. The molecule has 41 heavy (non-hydrogen) atoms. The molecule has 8 heteroatoms. The van der Waals surface area contributed by atoms with Crippen LogP contribution in [0.2, 0.25) is 0 Å². The number of nitrogens with zero attached hydrogens (tertiary/aromatic N) is 1. The lowest BCUT2D eigenvalue weighted by atomic mass is 10.1. The highest BCUT2D eigenvalue weighted by atomic mass is 79.9. The standard InChI is InChI=1S/C33H27BrN2O5/c1-21-3-7-23(8-4-21)19-40-28-14-12-27(13-15-28)36-32(38)29(31(37)35-33(36)39)18-25-17-26(34)11-16-30(25)41-20-24-9-5-22(2)6-10-24/h3-18H,19-20H2,1-2H3,(H,35,37,39)/b29-18+. The number of hydrogen-bond donors (Lipinski definition) is 1. The van der Waals surface area contributed by atoms with Gasteiger partial charge in [0.05, 0.1) is 5.69 Å². The third-order valence-electron chi connectivity index (χ3n) is 6.51. The number of carbonyl (C=O) groups is 3. The van der Waals surface area contributed by atoms with Crippen LogP contribution in [0.25, 0.3) is 6.08 Å². The van der Waals surface area contributed by atoms with Gasteiger partial charge in [-0.05, 0) is 73.5 Å². The molecule has 4 aromatic carbocycles. The second-order valence-corrected chi connectivity index (χ2v) is 10.6. The van der Waals surface area contributed by atoms with Crippen molar-refractivity contribution >= 4 is 45.5 Å². The van der Waals surface area contributed by atoms with E-state index in [4.69, 9.17) is 9.47 Å². The van der Waals surface area contributed by atoms with Crippen LogP contribution in [0, 0.1) is 13.8 Å². The van der Waals surface area contributed by atoms with Crippen LogP contribution in [-0.4, -0.2) is 17.8 Å². The van der Waals surface area contributed by atoms with Crippen LogP contribution in [0.1, 0.15) is 27.8 Å². The number of imide groups is 2. The smallest absolute Gasteiger partial charge is 0.335 e. The Balaban J connectivity index is 1.35. The molecular weight excluding hydrogens is 584 g/mol. The van der Waals surface area contributed by atoms with Gasteiger partial charge in [-0.25, -0.2) is 9.69 Å². The van der Waals surface area contributed by atoms with Gasteiger partial charge in [0.2, 0.25) is 0 Å². The third-order valence-corrected chi connectivity index (χ3v) is 7.00. The molecule has 4 amide bonds. The second-order valence-electron chi connectivity index (χ2n) is 9.68. The molecule has 0 aromatic heterocycles. The predicted molar refractivity (Wildman–Crippen MR) is 161 cm³/mol. The Morgan fingerprint density at radius 1 is 0.756 bits per heavy atom. The highest BCUT2D eigenvalue weighted by Gasteiger charge is 2.37. The molecule has 1 N–H and O–H groups in total. The summed E-state index contributed by atoms with van der Waals surface area (Å²) in [5, 5.41) is 2.27. The third kappa shape index (κ3) is 6.73. The normalized spacial score (nSPS) is 14.3. The minimum Gasteiger partial charge on any atom is -0.489 e. The number of halogens is 1. The van der Waals surface area contributed by atoms with Crippen molar-refractivity contribution in [1.29, 1.82) is 0 Å². The monoisotopic (exact) mass is 610 g/mol. The minimum absolute atomic E-state index is 0.192. The summed E-state index contributed by atoms with van der Waals surface area (Å²) < 4.78 is 12.6. The van der Waals surface area contributed by atoms with Crippen LogP contribution in [0.4, 0.5) is 10.5 Å². The van der Waals surface area contributed by atoms with Gasteiger partial charge in [0.25, 0.3) is 11.8 Å². The zero-order valence-corrected chi connectivity index (χ0v) is 24.1. The van der Waals surface area contributed by atoms with Crippen molar-refractivity contribution < 1.29 is 23.9 Å². The van der Waals surface area contributed by atoms with Gasteiger partial charge in [0.15, 0.2) is 0 Å². The second kappa shape index (κ2) is 12.2. The summed E-state index contributed by atoms with van der Waals surface area (Å²) >= 11 is 3.44. The summed E-state index contributed by atoms with van der Waals surface area (Å²) in [4.78, 5) is 39.9. The van der Waals surface area contributed by atoms with Gasteiger partial charge in [0, 0.05) is 10.0 Å². The number of carbonyl (C=O) groups excluding carboxylic acids is 3. The first-order chi connectivity index (χ1) is 19.8. The number of barbiturate groups is 1. The Bertz CT molecular complexity index is 1630. The Morgan fingerprint density at radius 2 is 1.34 bits per heavy atom. The quantitative estimate of drug-likeness (QED) is 0.173. The Morgan fingerprint density at radius 3 is 1.95 bits per heavy atom. The first-order valence-electron chi connectivity index (χ1n) is 12.9. The van der Waals surface area contributed by atoms with E-state index in [2.05, 4.69) is 21.2 Å². The number of hydrogen-bond acceptors (Lipinski definition) is 5. The molecule has 1 heterocycles. The van der Waals surface area contributed by atoms with Gasteiger partial charge in [-0.3, -0.25) is 14.9 Å². The number of amides is 4. The minimum atomic E-state index is -0.824. The number of anilines is 1. The molecule has 0 spiro atoms. The summed E-state index contributed by atoms with van der Waals surface area (Å²) in [6, 6.07) is 27.0. The molecule has 0 atom stereocenters. The van der Waals surface area contributed by atoms with Crippen LogP contribution in [-0.2, 0) is 22.8 Å². The lowest BCUT2D eigenvalue weighted by molar-refractivity contribution is -0.122. The summed E-state index contributed by atoms with van der Waals surface area (Å²) in [5.41, 5.74) is 4.94. The lowest BCUT2D eigenvalue weighted by Crippen LogP contribution is -2.54. The van der Waals surface area contributed by atoms with Crippen molar-refractivity contribution in [3.8, 4) is 11.5 Å². The number of benzene rings is 4. The van der Waals surface area contributed by atoms with Crippen molar-refractivity contribution in [3.05, 3.63) is 129 Å². The van der Waals surface area contributed by atoms with E-state index >= 15 is 0 Å².